The van der Waals surface area contributed by atoms with Crippen LogP contribution in [-0.4, -0.2) is 31.6 Å². The SMILES string of the molecule is CCOCCCC(=O)N[C@@H](C)c1ccc2c(c1)NC(=O)CO2. The Labute approximate surface area is 130 Å². The molecule has 6 nitrogen and oxygen atoms in total. The third kappa shape index (κ3) is 4.46. The van der Waals surface area contributed by atoms with E-state index in [4.69, 9.17) is 9.47 Å². The normalized spacial score (nSPS) is 14.5. The van der Waals surface area contributed by atoms with E-state index < -0.39 is 0 Å². The molecule has 1 heterocycles. The Kier molecular flexibility index (Phi) is 5.77. The number of fused-ring (bicyclic) bond motifs is 1. The van der Waals surface area contributed by atoms with Crippen molar-refractivity contribution in [2.45, 2.75) is 32.7 Å². The second kappa shape index (κ2) is 7.79. The third-order valence-electron chi connectivity index (χ3n) is 3.41. The molecule has 1 aliphatic rings. The first kappa shape index (κ1) is 16.3. The highest BCUT2D eigenvalue weighted by Gasteiger charge is 2.18. The van der Waals surface area contributed by atoms with Gasteiger partial charge in [-0.15, -0.1) is 0 Å². The summed E-state index contributed by atoms with van der Waals surface area (Å²) in [5.74, 6) is 0.473. The average Bonchev–Trinajstić information content (AvgIpc) is 2.50. The maximum atomic E-state index is 11.9. The predicted molar refractivity (Wildman–Crippen MR) is 82.9 cm³/mol. The molecule has 0 spiro atoms. The quantitative estimate of drug-likeness (QED) is 0.756. The lowest BCUT2D eigenvalue weighted by atomic mass is 10.1. The third-order valence-corrected chi connectivity index (χ3v) is 3.41. The maximum absolute atomic E-state index is 11.9. The monoisotopic (exact) mass is 306 g/mol. The van der Waals surface area contributed by atoms with E-state index in [0.29, 0.717) is 37.5 Å². The van der Waals surface area contributed by atoms with Crippen molar-refractivity contribution in [1.82, 2.24) is 5.32 Å². The number of ether oxygens (including phenoxy) is 2. The fourth-order valence-electron chi connectivity index (χ4n) is 2.25. The standard InChI is InChI=1S/C16H22N2O4/c1-3-21-8-4-5-15(19)17-11(2)12-6-7-14-13(9-12)18-16(20)10-22-14/h6-7,9,11H,3-5,8,10H2,1-2H3,(H,17,19)(H,18,20)/t11-/m0/s1. The second-order valence-electron chi connectivity index (χ2n) is 5.18. The fourth-order valence-corrected chi connectivity index (χ4v) is 2.25. The van der Waals surface area contributed by atoms with E-state index in [0.717, 1.165) is 5.56 Å². The lowest BCUT2D eigenvalue weighted by Crippen LogP contribution is -2.28. The first-order chi connectivity index (χ1) is 10.6. The summed E-state index contributed by atoms with van der Waals surface area (Å²) in [6, 6.07) is 5.39. The molecule has 2 rings (SSSR count). The van der Waals surface area contributed by atoms with Crippen molar-refractivity contribution in [1.29, 1.82) is 0 Å². The minimum absolute atomic E-state index is 0.00907. The second-order valence-corrected chi connectivity index (χ2v) is 5.18. The molecule has 2 amide bonds. The van der Waals surface area contributed by atoms with E-state index in [1.165, 1.54) is 0 Å². The van der Waals surface area contributed by atoms with Crippen LogP contribution < -0.4 is 15.4 Å². The van der Waals surface area contributed by atoms with Crippen LogP contribution in [0.3, 0.4) is 0 Å². The zero-order chi connectivity index (χ0) is 15.9. The molecule has 0 aromatic heterocycles. The summed E-state index contributed by atoms with van der Waals surface area (Å²) in [6.45, 7) is 5.15. The number of anilines is 1. The number of nitrogens with one attached hydrogen (secondary N) is 2. The molecule has 0 saturated heterocycles. The smallest absolute Gasteiger partial charge is 0.262 e. The molecule has 2 N–H and O–H groups in total. The maximum Gasteiger partial charge on any atom is 0.262 e. The van der Waals surface area contributed by atoms with Crippen LogP contribution >= 0.6 is 0 Å². The highest BCUT2D eigenvalue weighted by atomic mass is 16.5. The molecule has 120 valence electrons. The van der Waals surface area contributed by atoms with Gasteiger partial charge in [0.1, 0.15) is 5.75 Å². The molecule has 1 aliphatic heterocycles. The van der Waals surface area contributed by atoms with Crippen LogP contribution in [0.25, 0.3) is 0 Å². The van der Waals surface area contributed by atoms with Gasteiger partial charge in [0.2, 0.25) is 5.91 Å². The van der Waals surface area contributed by atoms with Crippen LogP contribution in [0.1, 0.15) is 38.3 Å². The Morgan fingerprint density at radius 1 is 1.50 bits per heavy atom. The molecule has 1 atom stereocenters. The van der Waals surface area contributed by atoms with Crippen LogP contribution in [0.15, 0.2) is 18.2 Å². The van der Waals surface area contributed by atoms with Gasteiger partial charge in [-0.25, -0.2) is 0 Å². The molecule has 1 aromatic rings. The highest BCUT2D eigenvalue weighted by Crippen LogP contribution is 2.30. The molecule has 1 aromatic carbocycles. The first-order valence-electron chi connectivity index (χ1n) is 7.54. The van der Waals surface area contributed by atoms with Crippen LogP contribution in [0.2, 0.25) is 0 Å². The van der Waals surface area contributed by atoms with Crippen LogP contribution in [0.5, 0.6) is 5.75 Å². The van der Waals surface area contributed by atoms with Crippen molar-refractivity contribution < 1.29 is 19.1 Å². The molecular weight excluding hydrogens is 284 g/mol. The molecule has 6 heteroatoms. The molecule has 0 unspecified atom stereocenters. The summed E-state index contributed by atoms with van der Waals surface area (Å²) in [4.78, 5) is 23.2. The van der Waals surface area contributed by atoms with Crippen molar-refractivity contribution >= 4 is 17.5 Å². The lowest BCUT2D eigenvalue weighted by molar-refractivity contribution is -0.122. The topological polar surface area (TPSA) is 76.7 Å². The minimum atomic E-state index is -0.169. The molecule has 22 heavy (non-hydrogen) atoms. The van der Waals surface area contributed by atoms with Gasteiger partial charge in [-0.2, -0.15) is 0 Å². The Bertz CT molecular complexity index is 545. The van der Waals surface area contributed by atoms with Crippen molar-refractivity contribution in [2.75, 3.05) is 25.1 Å². The lowest BCUT2D eigenvalue weighted by Gasteiger charge is -2.21. The minimum Gasteiger partial charge on any atom is -0.482 e. The molecule has 0 saturated carbocycles. The predicted octanol–water partition coefficient (Wildman–Crippen LogP) is 2.01. The van der Waals surface area contributed by atoms with Crippen molar-refractivity contribution in [2.24, 2.45) is 0 Å². The van der Waals surface area contributed by atoms with Gasteiger partial charge in [0.25, 0.3) is 5.91 Å². The van der Waals surface area contributed by atoms with Crippen LogP contribution in [-0.2, 0) is 14.3 Å². The Morgan fingerprint density at radius 3 is 3.09 bits per heavy atom. The molecular formula is C16H22N2O4. The number of benzene rings is 1. The van der Waals surface area contributed by atoms with Gasteiger partial charge in [0.05, 0.1) is 11.7 Å². The fraction of sp³-hybridized carbons (Fsp3) is 0.500. The summed E-state index contributed by atoms with van der Waals surface area (Å²) in [5, 5.41) is 5.71. The molecule has 0 aliphatic carbocycles. The number of amides is 2. The van der Waals surface area contributed by atoms with Gasteiger partial charge in [0, 0.05) is 19.6 Å². The molecule has 0 bridgehead atoms. The number of rotatable bonds is 7. The van der Waals surface area contributed by atoms with Gasteiger partial charge < -0.3 is 20.1 Å². The zero-order valence-corrected chi connectivity index (χ0v) is 13.0. The van der Waals surface area contributed by atoms with Gasteiger partial charge in [-0.1, -0.05) is 6.07 Å². The van der Waals surface area contributed by atoms with E-state index in [1.54, 1.807) is 0 Å². The van der Waals surface area contributed by atoms with Gasteiger partial charge in [0.15, 0.2) is 6.61 Å². The van der Waals surface area contributed by atoms with Crippen molar-refractivity contribution in [3.63, 3.8) is 0 Å². The van der Waals surface area contributed by atoms with Crippen LogP contribution in [0, 0.1) is 0 Å². The number of hydrogen-bond donors (Lipinski definition) is 2. The summed E-state index contributed by atoms with van der Waals surface area (Å²) in [6.07, 6.45) is 1.15. The Balaban J connectivity index is 1.89. The number of carbonyl (C=O) groups excluding carboxylic acids is 2. The van der Waals surface area contributed by atoms with E-state index in [2.05, 4.69) is 10.6 Å². The number of carbonyl (C=O) groups is 2. The van der Waals surface area contributed by atoms with E-state index in [9.17, 15) is 9.59 Å². The van der Waals surface area contributed by atoms with Gasteiger partial charge in [-0.05, 0) is 38.0 Å². The van der Waals surface area contributed by atoms with Gasteiger partial charge >= 0.3 is 0 Å². The summed E-state index contributed by atoms with van der Waals surface area (Å²) >= 11 is 0. The Hall–Kier alpha value is -2.08. The zero-order valence-electron chi connectivity index (χ0n) is 13.0. The largest absolute Gasteiger partial charge is 0.482 e. The highest BCUT2D eigenvalue weighted by molar-refractivity contribution is 5.95. The van der Waals surface area contributed by atoms with Crippen LogP contribution in [0.4, 0.5) is 5.69 Å². The van der Waals surface area contributed by atoms with E-state index in [-0.39, 0.29) is 24.5 Å². The van der Waals surface area contributed by atoms with Crippen molar-refractivity contribution in [3.05, 3.63) is 23.8 Å². The van der Waals surface area contributed by atoms with Gasteiger partial charge in [-0.3, -0.25) is 9.59 Å². The summed E-state index contributed by atoms with van der Waals surface area (Å²) in [5.41, 5.74) is 1.56. The first-order valence-corrected chi connectivity index (χ1v) is 7.54. The van der Waals surface area contributed by atoms with Crippen molar-refractivity contribution in [3.8, 4) is 5.75 Å². The molecule has 0 radical (unpaired) electrons. The Morgan fingerprint density at radius 2 is 2.32 bits per heavy atom. The van der Waals surface area contributed by atoms with E-state index in [1.807, 2.05) is 32.0 Å². The average molecular weight is 306 g/mol. The molecule has 0 fully saturated rings. The number of hydrogen-bond acceptors (Lipinski definition) is 4. The summed E-state index contributed by atoms with van der Waals surface area (Å²) in [7, 11) is 0. The summed E-state index contributed by atoms with van der Waals surface area (Å²) < 4.78 is 10.5. The van der Waals surface area contributed by atoms with E-state index >= 15 is 0 Å².